The number of benzene rings is 1. The summed E-state index contributed by atoms with van der Waals surface area (Å²) in [6.45, 7) is 2.51. The maximum Gasteiger partial charge on any atom is 0.263 e. The van der Waals surface area contributed by atoms with Crippen LogP contribution in [0.25, 0.3) is 0 Å². The summed E-state index contributed by atoms with van der Waals surface area (Å²) < 4.78 is 10.5. The molecule has 0 saturated heterocycles. The van der Waals surface area contributed by atoms with Gasteiger partial charge in [-0.3, -0.25) is 4.79 Å². The highest BCUT2D eigenvalue weighted by Crippen LogP contribution is 2.28. The summed E-state index contributed by atoms with van der Waals surface area (Å²) in [7, 11) is 1.55. The van der Waals surface area contributed by atoms with Crippen LogP contribution in [0.3, 0.4) is 0 Å². The molecule has 1 amide bonds. The summed E-state index contributed by atoms with van der Waals surface area (Å²) in [4.78, 5) is 13.8. The van der Waals surface area contributed by atoms with Crippen LogP contribution in [0.5, 0.6) is 5.75 Å². The lowest BCUT2D eigenvalue weighted by molar-refractivity contribution is -0.139. The van der Waals surface area contributed by atoms with E-state index in [0.29, 0.717) is 28.9 Å². The molecule has 1 N–H and O–H groups in total. The number of rotatable bonds is 8. The molecule has 0 heterocycles. The lowest BCUT2D eigenvalue weighted by atomic mass is 10.3. The van der Waals surface area contributed by atoms with Crippen LogP contribution in [0.4, 0.5) is 0 Å². The van der Waals surface area contributed by atoms with Crippen molar-refractivity contribution in [2.75, 3.05) is 33.4 Å². The van der Waals surface area contributed by atoms with Gasteiger partial charge in [-0.25, -0.2) is 0 Å². The molecular weight excluding hydrogens is 317 g/mol. The van der Waals surface area contributed by atoms with Crippen LogP contribution in [0.2, 0.25) is 10.0 Å². The third-order valence-corrected chi connectivity index (χ3v) is 3.32. The van der Waals surface area contributed by atoms with E-state index >= 15 is 0 Å². The van der Waals surface area contributed by atoms with Crippen molar-refractivity contribution in [3.63, 3.8) is 0 Å². The average Bonchev–Trinajstić information content (AvgIpc) is 2.45. The number of hydrogen-bond acceptors (Lipinski definition) is 4. The van der Waals surface area contributed by atoms with Crippen molar-refractivity contribution in [3.05, 3.63) is 28.2 Å². The second-order valence-corrected chi connectivity index (χ2v) is 5.22. The van der Waals surface area contributed by atoms with E-state index in [1.807, 2.05) is 0 Å². The van der Waals surface area contributed by atoms with Gasteiger partial charge in [0.15, 0.2) is 6.10 Å². The second-order valence-electron chi connectivity index (χ2n) is 4.38. The quantitative estimate of drug-likeness (QED) is 0.791. The van der Waals surface area contributed by atoms with Gasteiger partial charge in [-0.15, -0.1) is 0 Å². The van der Waals surface area contributed by atoms with Gasteiger partial charge >= 0.3 is 0 Å². The fourth-order valence-electron chi connectivity index (χ4n) is 1.72. The van der Waals surface area contributed by atoms with E-state index in [2.05, 4.69) is 0 Å². The van der Waals surface area contributed by atoms with Crippen molar-refractivity contribution in [1.82, 2.24) is 4.90 Å². The van der Waals surface area contributed by atoms with Gasteiger partial charge in [0.05, 0.1) is 18.2 Å². The van der Waals surface area contributed by atoms with Gasteiger partial charge in [-0.05, 0) is 25.1 Å². The van der Waals surface area contributed by atoms with E-state index in [9.17, 15) is 4.79 Å². The van der Waals surface area contributed by atoms with E-state index in [1.54, 1.807) is 32.2 Å². The summed E-state index contributed by atoms with van der Waals surface area (Å²) in [6, 6.07) is 4.79. The molecule has 5 nitrogen and oxygen atoms in total. The molecule has 0 fully saturated rings. The van der Waals surface area contributed by atoms with Gasteiger partial charge in [0.1, 0.15) is 5.75 Å². The first-order valence-corrected chi connectivity index (χ1v) is 7.25. The largest absolute Gasteiger partial charge is 0.479 e. The number of aliphatic hydroxyl groups excluding tert-OH is 1. The molecule has 0 spiro atoms. The number of hydrogen-bond donors (Lipinski definition) is 1. The molecule has 0 radical (unpaired) electrons. The molecule has 1 atom stereocenters. The molecular formula is C14H19Cl2NO4. The topological polar surface area (TPSA) is 59.0 Å². The summed E-state index contributed by atoms with van der Waals surface area (Å²) in [5.74, 6) is 0.143. The van der Waals surface area contributed by atoms with Crippen LogP contribution < -0.4 is 4.74 Å². The van der Waals surface area contributed by atoms with Crippen LogP contribution in [0, 0.1) is 0 Å². The standard InChI is InChI=1S/C14H19Cl2NO4/c1-10(14(19)17(5-7-18)6-8-20-2)21-13-4-3-11(15)9-12(13)16/h3-4,9-10,18H,5-8H2,1-2H3. The first kappa shape index (κ1) is 18.0. The minimum Gasteiger partial charge on any atom is -0.479 e. The molecule has 0 aliphatic heterocycles. The molecule has 0 bridgehead atoms. The Hall–Kier alpha value is -1.01. The van der Waals surface area contributed by atoms with Crippen molar-refractivity contribution in [3.8, 4) is 5.75 Å². The van der Waals surface area contributed by atoms with E-state index in [0.717, 1.165) is 0 Å². The van der Waals surface area contributed by atoms with Gasteiger partial charge in [0.25, 0.3) is 5.91 Å². The monoisotopic (exact) mass is 335 g/mol. The van der Waals surface area contributed by atoms with Crippen molar-refractivity contribution < 1.29 is 19.4 Å². The number of halogens is 2. The SMILES string of the molecule is COCCN(CCO)C(=O)C(C)Oc1ccc(Cl)cc1Cl. The number of aliphatic hydroxyl groups is 1. The zero-order chi connectivity index (χ0) is 15.8. The zero-order valence-electron chi connectivity index (χ0n) is 12.0. The van der Waals surface area contributed by atoms with Crippen LogP contribution in [0.15, 0.2) is 18.2 Å². The summed E-state index contributed by atoms with van der Waals surface area (Å²) >= 11 is 11.8. The first-order valence-electron chi connectivity index (χ1n) is 6.50. The van der Waals surface area contributed by atoms with Crippen LogP contribution in [-0.4, -0.2) is 55.4 Å². The molecule has 1 unspecified atom stereocenters. The van der Waals surface area contributed by atoms with Crippen molar-refractivity contribution in [2.24, 2.45) is 0 Å². The van der Waals surface area contributed by atoms with Crippen molar-refractivity contribution >= 4 is 29.1 Å². The van der Waals surface area contributed by atoms with Gasteiger partial charge in [0, 0.05) is 25.2 Å². The molecule has 7 heteroatoms. The number of amides is 1. The smallest absolute Gasteiger partial charge is 0.263 e. The molecule has 1 aromatic rings. The molecule has 0 aliphatic carbocycles. The summed E-state index contributed by atoms with van der Waals surface area (Å²) in [6.07, 6.45) is -0.730. The Morgan fingerprint density at radius 3 is 2.67 bits per heavy atom. The Bertz CT molecular complexity index is 470. The molecule has 1 aromatic carbocycles. The van der Waals surface area contributed by atoms with E-state index in [1.165, 1.54) is 4.90 Å². The average molecular weight is 336 g/mol. The van der Waals surface area contributed by atoms with E-state index < -0.39 is 6.10 Å². The number of carbonyl (C=O) groups excluding carboxylic acids is 1. The maximum atomic E-state index is 12.3. The van der Waals surface area contributed by atoms with Crippen LogP contribution in [0.1, 0.15) is 6.92 Å². The van der Waals surface area contributed by atoms with E-state index in [-0.39, 0.29) is 19.1 Å². The zero-order valence-corrected chi connectivity index (χ0v) is 13.5. The third-order valence-electron chi connectivity index (χ3n) is 2.79. The highest BCUT2D eigenvalue weighted by atomic mass is 35.5. The van der Waals surface area contributed by atoms with Crippen molar-refractivity contribution in [1.29, 1.82) is 0 Å². The lowest BCUT2D eigenvalue weighted by Gasteiger charge is -2.25. The molecule has 0 saturated carbocycles. The summed E-state index contributed by atoms with van der Waals surface area (Å²) in [5, 5.41) is 9.85. The highest BCUT2D eigenvalue weighted by molar-refractivity contribution is 6.35. The van der Waals surface area contributed by atoms with Gasteiger partial charge in [0.2, 0.25) is 0 Å². The number of carbonyl (C=O) groups is 1. The Kier molecular flexibility index (Phi) is 7.82. The molecule has 1 rings (SSSR count). The highest BCUT2D eigenvalue weighted by Gasteiger charge is 2.22. The maximum absolute atomic E-state index is 12.3. The normalized spacial score (nSPS) is 12.0. The first-order chi connectivity index (χ1) is 9.99. The number of nitrogens with zero attached hydrogens (tertiary/aromatic N) is 1. The van der Waals surface area contributed by atoms with Gasteiger partial charge in [-0.1, -0.05) is 23.2 Å². The summed E-state index contributed by atoms with van der Waals surface area (Å²) in [5.41, 5.74) is 0. The molecule has 0 aromatic heterocycles. The Balaban J connectivity index is 2.71. The van der Waals surface area contributed by atoms with Gasteiger partial charge in [-0.2, -0.15) is 0 Å². The molecule has 21 heavy (non-hydrogen) atoms. The van der Waals surface area contributed by atoms with Gasteiger partial charge < -0.3 is 19.5 Å². The predicted molar refractivity (Wildman–Crippen MR) is 82.1 cm³/mol. The third kappa shape index (κ3) is 5.71. The second kappa shape index (κ2) is 9.10. The van der Waals surface area contributed by atoms with Crippen LogP contribution in [-0.2, 0) is 9.53 Å². The minimum atomic E-state index is -0.730. The minimum absolute atomic E-state index is 0.121. The fraction of sp³-hybridized carbons (Fsp3) is 0.500. The number of ether oxygens (including phenoxy) is 2. The van der Waals surface area contributed by atoms with Crippen LogP contribution >= 0.6 is 23.2 Å². The van der Waals surface area contributed by atoms with E-state index in [4.69, 9.17) is 37.8 Å². The lowest BCUT2D eigenvalue weighted by Crippen LogP contribution is -2.43. The predicted octanol–water partition coefficient (Wildman–Crippen LogP) is 2.23. The molecule has 0 aliphatic rings. The van der Waals surface area contributed by atoms with Crippen molar-refractivity contribution in [2.45, 2.75) is 13.0 Å². The Labute approximate surface area is 134 Å². The fourth-order valence-corrected chi connectivity index (χ4v) is 2.18. The molecule has 118 valence electrons. The Morgan fingerprint density at radius 1 is 1.38 bits per heavy atom. The number of methoxy groups -OCH3 is 1. The Morgan fingerprint density at radius 2 is 2.10 bits per heavy atom.